The number of methoxy groups -OCH3 is 1. The highest BCUT2D eigenvalue weighted by atomic mass is 16.5. The van der Waals surface area contributed by atoms with Crippen molar-refractivity contribution < 1.29 is 9.47 Å². The normalized spacial score (nSPS) is 41.9. The topological polar surface area (TPSA) is 24.9 Å². The van der Waals surface area contributed by atoms with Gasteiger partial charge in [0.05, 0.1) is 18.3 Å². The molecule has 1 saturated heterocycles. The number of allylic oxidation sites excluding steroid dienone is 3. The molecule has 4 heteroatoms. The van der Waals surface area contributed by atoms with Crippen LogP contribution in [0.5, 0.6) is 0 Å². The number of ether oxygens (including phenoxy) is 2. The van der Waals surface area contributed by atoms with Gasteiger partial charge in [-0.15, -0.1) is 0 Å². The van der Waals surface area contributed by atoms with E-state index in [0.717, 1.165) is 42.7 Å². The smallest absolute Gasteiger partial charge is 0.0842 e. The third kappa shape index (κ3) is 6.45. The molecule has 39 heavy (non-hydrogen) atoms. The first-order chi connectivity index (χ1) is 19.1. The molecule has 0 amide bonds. The third-order valence-corrected chi connectivity index (χ3v) is 12.0. The molecule has 2 heterocycles. The molecule has 0 aromatic heterocycles. The zero-order valence-corrected chi connectivity index (χ0v) is 25.2. The number of piperidine rings is 1. The Labute approximate surface area is 239 Å². The van der Waals surface area contributed by atoms with Crippen LogP contribution in [0, 0.1) is 23.7 Å². The summed E-state index contributed by atoms with van der Waals surface area (Å²) in [5, 5.41) is 0. The van der Waals surface area contributed by atoms with Crippen LogP contribution in [0.4, 0.5) is 0 Å². The fourth-order valence-electron chi connectivity index (χ4n) is 9.58. The lowest BCUT2D eigenvalue weighted by Gasteiger charge is -2.48. The second-order valence-electron chi connectivity index (χ2n) is 14.2. The molecule has 0 aromatic rings. The maximum atomic E-state index is 6.96. The predicted octanol–water partition coefficient (Wildman–Crippen LogP) is 7.16. The zero-order valence-electron chi connectivity index (χ0n) is 25.2. The molecule has 4 fully saturated rings. The second-order valence-corrected chi connectivity index (χ2v) is 14.2. The standard InChI is InChI=1S/C35H56N2O2/c1-36-20-18-27-8-4-6-10-30(27)32(36)22-25-12-15-29(16-13-25)39-35-24-26(14-17-34(35)38-3)23-33-31-11-7-5-9-28(31)19-21-37(33)2/h4,6,10,18,25-26,28-29,31-35H,5,7-9,11-17,19-24H2,1-3H3. The average molecular weight is 537 g/mol. The lowest BCUT2D eigenvalue weighted by molar-refractivity contribution is -0.129. The van der Waals surface area contributed by atoms with Crippen LogP contribution < -0.4 is 0 Å². The number of nitrogens with zero attached hydrogens (tertiary/aromatic N) is 2. The Morgan fingerprint density at radius 3 is 2.51 bits per heavy atom. The minimum Gasteiger partial charge on any atom is -0.379 e. The summed E-state index contributed by atoms with van der Waals surface area (Å²) in [5.74, 6) is 3.57. The minimum absolute atomic E-state index is 0.290. The number of fused-ring (bicyclic) bond motifs is 2. The van der Waals surface area contributed by atoms with Crippen molar-refractivity contribution in [2.45, 2.75) is 127 Å². The van der Waals surface area contributed by atoms with E-state index in [4.69, 9.17) is 9.47 Å². The molecule has 0 N–H and O–H groups in total. The summed E-state index contributed by atoms with van der Waals surface area (Å²) in [7, 11) is 6.64. The Hall–Kier alpha value is -0.940. The van der Waals surface area contributed by atoms with Crippen molar-refractivity contribution in [3.05, 3.63) is 35.5 Å². The molecule has 7 unspecified atom stereocenters. The van der Waals surface area contributed by atoms with Crippen LogP contribution in [0.15, 0.2) is 35.5 Å². The van der Waals surface area contributed by atoms with Crippen LogP contribution in [0.2, 0.25) is 0 Å². The van der Waals surface area contributed by atoms with Gasteiger partial charge in [0, 0.05) is 25.7 Å². The van der Waals surface area contributed by atoms with Gasteiger partial charge in [0.2, 0.25) is 0 Å². The van der Waals surface area contributed by atoms with Crippen molar-refractivity contribution in [3.63, 3.8) is 0 Å². The predicted molar refractivity (Wildman–Crippen MR) is 161 cm³/mol. The van der Waals surface area contributed by atoms with Gasteiger partial charge in [-0.05, 0) is 133 Å². The first-order valence-corrected chi connectivity index (χ1v) is 16.7. The number of likely N-dealkylation sites (N-methyl/N-ethyl adjacent to an activating group) is 1. The highest BCUT2D eigenvalue weighted by Crippen LogP contribution is 2.44. The quantitative estimate of drug-likeness (QED) is 0.345. The van der Waals surface area contributed by atoms with Gasteiger partial charge >= 0.3 is 0 Å². The van der Waals surface area contributed by atoms with Crippen molar-refractivity contribution >= 4 is 0 Å². The molecular weight excluding hydrogens is 480 g/mol. The molecule has 3 saturated carbocycles. The summed E-state index contributed by atoms with van der Waals surface area (Å²) in [6, 6.07) is 1.39. The molecule has 2 aliphatic heterocycles. The van der Waals surface area contributed by atoms with Gasteiger partial charge in [0.25, 0.3) is 0 Å². The molecular formula is C35H56N2O2. The Morgan fingerprint density at radius 1 is 0.846 bits per heavy atom. The van der Waals surface area contributed by atoms with Crippen molar-refractivity contribution in [3.8, 4) is 0 Å². The summed E-state index contributed by atoms with van der Waals surface area (Å²) in [6.07, 6.45) is 30.4. The lowest BCUT2D eigenvalue weighted by atomic mass is 9.68. The summed E-state index contributed by atoms with van der Waals surface area (Å²) in [6.45, 7) is 2.41. The van der Waals surface area contributed by atoms with E-state index in [9.17, 15) is 0 Å². The van der Waals surface area contributed by atoms with Crippen LogP contribution in [0.3, 0.4) is 0 Å². The minimum atomic E-state index is 0.290. The second kappa shape index (κ2) is 12.9. The molecule has 218 valence electrons. The van der Waals surface area contributed by atoms with Gasteiger partial charge in [0.15, 0.2) is 0 Å². The van der Waals surface area contributed by atoms with Crippen molar-refractivity contribution in [1.29, 1.82) is 0 Å². The molecule has 7 atom stereocenters. The van der Waals surface area contributed by atoms with Gasteiger partial charge in [0.1, 0.15) is 0 Å². The largest absolute Gasteiger partial charge is 0.379 e. The zero-order chi connectivity index (χ0) is 26.8. The maximum Gasteiger partial charge on any atom is 0.0842 e. The van der Waals surface area contributed by atoms with Crippen molar-refractivity contribution in [1.82, 2.24) is 9.80 Å². The highest BCUT2D eigenvalue weighted by Gasteiger charge is 2.41. The fraction of sp³-hybridized carbons (Fsp3) is 0.829. The fourth-order valence-corrected chi connectivity index (χ4v) is 9.58. The van der Waals surface area contributed by atoms with E-state index < -0.39 is 0 Å². The monoisotopic (exact) mass is 536 g/mol. The maximum absolute atomic E-state index is 6.96. The van der Waals surface area contributed by atoms with Crippen LogP contribution >= 0.6 is 0 Å². The van der Waals surface area contributed by atoms with Gasteiger partial charge in [-0.2, -0.15) is 0 Å². The SMILES string of the molecule is COC1CCC(CC2C3CCCCC3CCN2C)CC1OC1CCC(CC2C3=CC=CCC3=CCN2C)CC1. The first-order valence-electron chi connectivity index (χ1n) is 16.7. The Bertz CT molecular complexity index is 902. The summed E-state index contributed by atoms with van der Waals surface area (Å²) in [4.78, 5) is 5.30. The van der Waals surface area contributed by atoms with Crippen molar-refractivity contribution in [2.24, 2.45) is 23.7 Å². The van der Waals surface area contributed by atoms with E-state index in [1.54, 1.807) is 11.1 Å². The van der Waals surface area contributed by atoms with Crippen LogP contribution in [-0.2, 0) is 9.47 Å². The van der Waals surface area contributed by atoms with Crippen molar-refractivity contribution in [2.75, 3.05) is 34.3 Å². The number of hydrogen-bond acceptors (Lipinski definition) is 4. The molecule has 6 rings (SSSR count). The van der Waals surface area contributed by atoms with Crippen LogP contribution in [-0.4, -0.2) is 74.5 Å². The summed E-state index contributed by atoms with van der Waals surface area (Å²) < 4.78 is 13.0. The van der Waals surface area contributed by atoms with E-state index in [0.29, 0.717) is 18.2 Å². The first kappa shape index (κ1) is 28.2. The van der Waals surface area contributed by atoms with Crippen LogP contribution in [0.25, 0.3) is 0 Å². The van der Waals surface area contributed by atoms with E-state index in [2.05, 4.69) is 48.2 Å². The summed E-state index contributed by atoms with van der Waals surface area (Å²) in [5.41, 5.74) is 3.16. The lowest BCUT2D eigenvalue weighted by Crippen LogP contribution is -2.50. The van der Waals surface area contributed by atoms with Gasteiger partial charge in [-0.1, -0.05) is 43.6 Å². The Morgan fingerprint density at radius 2 is 1.67 bits per heavy atom. The van der Waals surface area contributed by atoms with Gasteiger partial charge < -0.3 is 14.4 Å². The van der Waals surface area contributed by atoms with Gasteiger partial charge in [-0.3, -0.25) is 4.90 Å². The number of likely N-dealkylation sites (tertiary alicyclic amines) is 1. The number of hydrogen-bond donors (Lipinski definition) is 0. The van der Waals surface area contributed by atoms with E-state index in [1.165, 1.54) is 96.4 Å². The molecule has 6 aliphatic rings. The molecule has 4 aliphatic carbocycles. The molecule has 0 radical (unpaired) electrons. The Balaban J connectivity index is 1.01. The van der Waals surface area contributed by atoms with Gasteiger partial charge in [-0.25, -0.2) is 0 Å². The van der Waals surface area contributed by atoms with E-state index in [1.807, 2.05) is 7.11 Å². The van der Waals surface area contributed by atoms with Crippen LogP contribution in [0.1, 0.15) is 96.3 Å². The Kier molecular flexibility index (Phi) is 9.34. The van der Waals surface area contributed by atoms with E-state index >= 15 is 0 Å². The third-order valence-electron chi connectivity index (χ3n) is 12.0. The highest BCUT2D eigenvalue weighted by molar-refractivity contribution is 5.44. The molecule has 0 spiro atoms. The van der Waals surface area contributed by atoms with E-state index in [-0.39, 0.29) is 6.10 Å². The molecule has 4 nitrogen and oxygen atoms in total. The summed E-state index contributed by atoms with van der Waals surface area (Å²) >= 11 is 0. The molecule has 0 bridgehead atoms. The molecule has 0 aromatic carbocycles. The number of rotatable bonds is 7. The average Bonchev–Trinajstić information content (AvgIpc) is 2.97.